The Balaban J connectivity index is 1.80. The van der Waals surface area contributed by atoms with Gasteiger partial charge in [-0.2, -0.15) is 5.26 Å². The van der Waals surface area contributed by atoms with E-state index >= 15 is 0 Å². The summed E-state index contributed by atoms with van der Waals surface area (Å²) in [5.74, 6) is 1.37. The first-order chi connectivity index (χ1) is 11.3. The predicted octanol–water partition coefficient (Wildman–Crippen LogP) is 3.94. The van der Waals surface area contributed by atoms with Crippen LogP contribution in [0.25, 0.3) is 16.6 Å². The number of fused-ring (bicyclic) bond motifs is 1. The number of para-hydroxylation sites is 2. The average molecular weight is 304 g/mol. The number of ether oxygens (including phenoxy) is 1. The van der Waals surface area contributed by atoms with E-state index < -0.39 is 0 Å². The number of anilines is 1. The Morgan fingerprint density at radius 1 is 1.26 bits per heavy atom. The first-order valence-corrected chi connectivity index (χ1v) is 7.35. The van der Waals surface area contributed by atoms with Gasteiger partial charge in [0.15, 0.2) is 5.82 Å². The zero-order chi connectivity index (χ0) is 16.1. The highest BCUT2D eigenvalue weighted by atomic mass is 16.5. The number of aromatic amines is 1. The normalized spacial score (nSPS) is 11.2. The highest BCUT2D eigenvalue weighted by molar-refractivity contribution is 5.82. The van der Waals surface area contributed by atoms with Gasteiger partial charge in [-0.15, -0.1) is 0 Å². The van der Waals surface area contributed by atoms with Gasteiger partial charge in [0.05, 0.1) is 17.6 Å². The Hall–Kier alpha value is -3.26. The summed E-state index contributed by atoms with van der Waals surface area (Å²) in [7, 11) is 0. The van der Waals surface area contributed by atoms with Gasteiger partial charge in [-0.1, -0.05) is 12.1 Å². The number of allylic oxidation sites excluding steroid dienone is 1. The molecule has 114 valence electrons. The molecule has 5 nitrogen and oxygen atoms in total. The van der Waals surface area contributed by atoms with Crippen molar-refractivity contribution >= 4 is 22.3 Å². The van der Waals surface area contributed by atoms with Crippen molar-refractivity contribution in [2.75, 3.05) is 11.9 Å². The van der Waals surface area contributed by atoms with Crippen LogP contribution in [0.3, 0.4) is 0 Å². The molecule has 0 fully saturated rings. The van der Waals surface area contributed by atoms with Crippen LogP contribution in [-0.2, 0) is 0 Å². The number of imidazole rings is 1. The van der Waals surface area contributed by atoms with Crippen molar-refractivity contribution in [3.63, 3.8) is 0 Å². The molecule has 0 atom stereocenters. The topological polar surface area (TPSA) is 73.7 Å². The van der Waals surface area contributed by atoms with E-state index in [0.717, 1.165) is 22.5 Å². The number of benzene rings is 2. The molecular formula is C18H16N4O. The molecule has 1 aromatic heterocycles. The highest BCUT2D eigenvalue weighted by Crippen LogP contribution is 2.19. The van der Waals surface area contributed by atoms with Crippen LogP contribution in [0.2, 0.25) is 0 Å². The number of hydrogen-bond acceptors (Lipinski definition) is 4. The second-order valence-corrected chi connectivity index (χ2v) is 4.87. The van der Waals surface area contributed by atoms with Gasteiger partial charge in [-0.3, -0.25) is 0 Å². The van der Waals surface area contributed by atoms with E-state index in [1.54, 1.807) is 6.20 Å². The summed E-state index contributed by atoms with van der Waals surface area (Å²) in [6.45, 7) is 2.58. The van der Waals surface area contributed by atoms with Crippen molar-refractivity contribution in [3.05, 3.63) is 60.6 Å². The molecule has 0 radical (unpaired) electrons. The minimum Gasteiger partial charge on any atom is -0.494 e. The second kappa shape index (κ2) is 6.67. The zero-order valence-electron chi connectivity index (χ0n) is 12.7. The minimum absolute atomic E-state index is 0.440. The van der Waals surface area contributed by atoms with Gasteiger partial charge in [-0.25, -0.2) is 4.98 Å². The molecule has 3 rings (SSSR count). The van der Waals surface area contributed by atoms with Crippen molar-refractivity contribution in [2.24, 2.45) is 0 Å². The molecule has 5 heteroatoms. The third-order valence-electron chi connectivity index (χ3n) is 3.31. The summed E-state index contributed by atoms with van der Waals surface area (Å²) in [5, 5.41) is 12.5. The van der Waals surface area contributed by atoms with Gasteiger partial charge in [0, 0.05) is 11.9 Å². The number of H-pyrrole nitrogens is 1. The Bertz CT molecular complexity index is 839. The molecule has 0 unspecified atom stereocenters. The molecule has 0 aliphatic rings. The summed E-state index contributed by atoms with van der Waals surface area (Å²) in [6.07, 6.45) is 1.65. The standard InChI is InChI=1S/C18H16N4O/c1-2-23-15-9-7-14(8-10-15)20-12-13(11-19)18-21-16-5-3-4-6-17(16)22-18/h3-10,12,20H,2H2,1H3,(H,21,22)/b13-12+. The van der Waals surface area contributed by atoms with Crippen LogP contribution in [0, 0.1) is 11.3 Å². The summed E-state index contributed by atoms with van der Waals surface area (Å²) in [4.78, 5) is 7.58. The number of hydrogen-bond donors (Lipinski definition) is 2. The predicted molar refractivity (Wildman–Crippen MR) is 90.9 cm³/mol. The van der Waals surface area contributed by atoms with E-state index in [1.165, 1.54) is 0 Å². The molecule has 0 aliphatic heterocycles. The summed E-state index contributed by atoms with van der Waals surface area (Å²) in [6, 6.07) is 17.4. The lowest BCUT2D eigenvalue weighted by Gasteiger charge is -2.05. The Morgan fingerprint density at radius 3 is 2.74 bits per heavy atom. The fourth-order valence-electron chi connectivity index (χ4n) is 2.20. The molecule has 0 amide bonds. The van der Waals surface area contributed by atoms with E-state index in [9.17, 15) is 5.26 Å². The number of rotatable bonds is 5. The fourth-order valence-corrected chi connectivity index (χ4v) is 2.20. The summed E-state index contributed by atoms with van der Waals surface area (Å²) in [5.41, 5.74) is 3.06. The molecule has 0 spiro atoms. The molecule has 2 N–H and O–H groups in total. The lowest BCUT2D eigenvalue weighted by Crippen LogP contribution is -1.94. The third-order valence-corrected chi connectivity index (χ3v) is 3.31. The van der Waals surface area contributed by atoms with Crippen LogP contribution in [0.1, 0.15) is 12.7 Å². The highest BCUT2D eigenvalue weighted by Gasteiger charge is 2.07. The van der Waals surface area contributed by atoms with Crippen molar-refractivity contribution in [1.82, 2.24) is 9.97 Å². The van der Waals surface area contributed by atoms with Gasteiger partial charge >= 0.3 is 0 Å². The van der Waals surface area contributed by atoms with Crippen molar-refractivity contribution < 1.29 is 4.74 Å². The van der Waals surface area contributed by atoms with Crippen LogP contribution >= 0.6 is 0 Å². The lowest BCUT2D eigenvalue weighted by molar-refractivity contribution is 0.340. The Labute approximate surface area is 134 Å². The smallest absolute Gasteiger partial charge is 0.150 e. The summed E-state index contributed by atoms with van der Waals surface area (Å²) < 4.78 is 5.40. The van der Waals surface area contributed by atoms with Crippen LogP contribution in [0.4, 0.5) is 5.69 Å². The molecule has 0 saturated carbocycles. The van der Waals surface area contributed by atoms with E-state index in [2.05, 4.69) is 21.4 Å². The Kier molecular flexibility index (Phi) is 4.25. The van der Waals surface area contributed by atoms with Crippen LogP contribution < -0.4 is 10.1 Å². The SMILES string of the molecule is CCOc1ccc(N/C=C(\C#N)c2nc3ccccc3[nH]2)cc1. The maximum Gasteiger partial charge on any atom is 0.150 e. The van der Waals surface area contributed by atoms with Crippen LogP contribution in [0.5, 0.6) is 5.75 Å². The molecule has 0 aliphatic carbocycles. The van der Waals surface area contributed by atoms with Crippen LogP contribution in [0.15, 0.2) is 54.7 Å². The number of nitrogens with zero attached hydrogens (tertiary/aromatic N) is 2. The lowest BCUT2D eigenvalue weighted by atomic mass is 10.2. The maximum absolute atomic E-state index is 9.36. The Morgan fingerprint density at radius 2 is 2.04 bits per heavy atom. The van der Waals surface area contributed by atoms with Gasteiger partial charge in [0.1, 0.15) is 17.4 Å². The van der Waals surface area contributed by atoms with Gasteiger partial charge in [0.2, 0.25) is 0 Å². The van der Waals surface area contributed by atoms with Crippen molar-refractivity contribution in [2.45, 2.75) is 6.92 Å². The quantitative estimate of drug-likeness (QED) is 0.700. The molecule has 3 aromatic rings. The monoisotopic (exact) mass is 304 g/mol. The molecule has 0 bridgehead atoms. The average Bonchev–Trinajstić information content (AvgIpc) is 3.01. The van der Waals surface area contributed by atoms with Crippen LogP contribution in [-0.4, -0.2) is 16.6 Å². The van der Waals surface area contributed by atoms with Crippen molar-refractivity contribution in [1.29, 1.82) is 5.26 Å². The van der Waals surface area contributed by atoms with Crippen molar-refractivity contribution in [3.8, 4) is 11.8 Å². The molecule has 0 saturated heterocycles. The van der Waals surface area contributed by atoms with E-state index in [1.807, 2.05) is 55.5 Å². The van der Waals surface area contributed by atoms with Gasteiger partial charge in [0.25, 0.3) is 0 Å². The first kappa shape index (κ1) is 14.7. The zero-order valence-corrected chi connectivity index (χ0v) is 12.7. The molecule has 2 aromatic carbocycles. The largest absolute Gasteiger partial charge is 0.494 e. The third kappa shape index (κ3) is 3.33. The molecule has 23 heavy (non-hydrogen) atoms. The van der Waals surface area contributed by atoms with E-state index in [-0.39, 0.29) is 0 Å². The van der Waals surface area contributed by atoms with E-state index in [0.29, 0.717) is 18.0 Å². The number of aromatic nitrogens is 2. The maximum atomic E-state index is 9.36. The van der Waals surface area contributed by atoms with Gasteiger partial charge < -0.3 is 15.0 Å². The first-order valence-electron chi connectivity index (χ1n) is 7.35. The fraction of sp³-hybridized carbons (Fsp3) is 0.111. The molecular weight excluding hydrogens is 288 g/mol. The molecule has 1 heterocycles. The number of nitrogens with one attached hydrogen (secondary N) is 2. The van der Waals surface area contributed by atoms with Gasteiger partial charge in [-0.05, 0) is 43.3 Å². The number of nitriles is 1. The van der Waals surface area contributed by atoms with E-state index in [4.69, 9.17) is 4.74 Å². The second-order valence-electron chi connectivity index (χ2n) is 4.87. The minimum atomic E-state index is 0.440. The summed E-state index contributed by atoms with van der Waals surface area (Å²) >= 11 is 0.